The number of nitrogens with zero attached hydrogens (tertiary/aromatic N) is 5. The van der Waals surface area contributed by atoms with Crippen molar-refractivity contribution in [3.05, 3.63) is 60.2 Å². The second-order valence-electron chi connectivity index (χ2n) is 8.76. The molecule has 3 aromatic rings. The Bertz CT molecular complexity index is 1220. The number of likely N-dealkylation sites (tertiary alicyclic amines) is 1. The van der Waals surface area contributed by atoms with E-state index in [2.05, 4.69) is 27.3 Å². The minimum absolute atomic E-state index is 0.0237. The molecule has 1 aromatic heterocycles. The minimum atomic E-state index is -0.320. The van der Waals surface area contributed by atoms with E-state index in [0.717, 1.165) is 37.4 Å². The highest BCUT2D eigenvalue weighted by atomic mass is 32.2. The summed E-state index contributed by atoms with van der Waals surface area (Å²) in [6, 6.07) is 13.5. The van der Waals surface area contributed by atoms with Crippen LogP contribution in [0.1, 0.15) is 38.1 Å². The van der Waals surface area contributed by atoms with Gasteiger partial charge in [-0.3, -0.25) is 19.1 Å². The van der Waals surface area contributed by atoms with Gasteiger partial charge in [-0.05, 0) is 69.3 Å². The standard InChI is InChI=1S/C25H27FN6O2S/c1-17(30-13-5-2-6-14-30)24-28-29-25(32(24)19-11-9-18(26)10-12-19)35-16-23(34)31-15-22(33)27-20-7-3-4-8-21(20)31/h3-4,7-12,17H,2,5-6,13-16H2,1H3,(H,27,33). The highest BCUT2D eigenvalue weighted by Gasteiger charge is 2.29. The number of para-hydroxylation sites is 2. The highest BCUT2D eigenvalue weighted by Crippen LogP contribution is 2.32. The molecule has 1 saturated heterocycles. The minimum Gasteiger partial charge on any atom is -0.323 e. The van der Waals surface area contributed by atoms with E-state index in [1.165, 1.54) is 35.2 Å². The molecule has 0 spiro atoms. The van der Waals surface area contributed by atoms with Gasteiger partial charge in [0.15, 0.2) is 11.0 Å². The van der Waals surface area contributed by atoms with Crippen LogP contribution in [0.3, 0.4) is 0 Å². The molecule has 182 valence electrons. The van der Waals surface area contributed by atoms with E-state index < -0.39 is 0 Å². The SMILES string of the molecule is CC(c1nnc(SCC(=O)N2CC(=O)Nc3ccccc32)n1-c1ccc(F)cc1)N1CCCCC1. The fourth-order valence-electron chi connectivity index (χ4n) is 4.61. The van der Waals surface area contributed by atoms with E-state index in [9.17, 15) is 14.0 Å². The molecule has 2 aliphatic rings. The lowest BCUT2D eigenvalue weighted by atomic mass is 10.1. The summed E-state index contributed by atoms with van der Waals surface area (Å²) >= 11 is 1.26. The maximum atomic E-state index is 13.7. The van der Waals surface area contributed by atoms with Crippen molar-refractivity contribution in [2.75, 3.05) is 35.6 Å². The van der Waals surface area contributed by atoms with Crippen molar-refractivity contribution in [3.63, 3.8) is 0 Å². The summed E-state index contributed by atoms with van der Waals surface area (Å²) < 4.78 is 15.6. The zero-order valence-electron chi connectivity index (χ0n) is 19.5. The van der Waals surface area contributed by atoms with Crippen molar-refractivity contribution < 1.29 is 14.0 Å². The Hall–Kier alpha value is -3.24. The first kappa shape index (κ1) is 23.5. The Kier molecular flexibility index (Phi) is 6.83. The van der Waals surface area contributed by atoms with Crippen LogP contribution >= 0.6 is 11.8 Å². The predicted molar refractivity (Wildman–Crippen MR) is 133 cm³/mol. The third kappa shape index (κ3) is 4.94. The number of piperidine rings is 1. The lowest BCUT2D eigenvalue weighted by molar-refractivity contribution is -0.120. The van der Waals surface area contributed by atoms with Crippen molar-refractivity contribution in [3.8, 4) is 5.69 Å². The average Bonchev–Trinajstić information content (AvgIpc) is 3.31. The van der Waals surface area contributed by atoms with Gasteiger partial charge in [0.1, 0.15) is 12.4 Å². The smallest absolute Gasteiger partial charge is 0.244 e. The molecular weight excluding hydrogens is 467 g/mol. The molecule has 1 N–H and O–H groups in total. The van der Waals surface area contributed by atoms with Gasteiger partial charge in [-0.15, -0.1) is 10.2 Å². The summed E-state index contributed by atoms with van der Waals surface area (Å²) in [5.41, 5.74) is 2.04. The Morgan fingerprint density at radius 2 is 1.83 bits per heavy atom. The first-order valence-electron chi connectivity index (χ1n) is 11.8. The van der Waals surface area contributed by atoms with Gasteiger partial charge >= 0.3 is 0 Å². The maximum absolute atomic E-state index is 13.7. The van der Waals surface area contributed by atoms with Crippen LogP contribution in [0.25, 0.3) is 5.69 Å². The van der Waals surface area contributed by atoms with Gasteiger partial charge in [0, 0.05) is 5.69 Å². The number of fused-ring (bicyclic) bond motifs is 1. The lowest BCUT2D eigenvalue weighted by Crippen LogP contribution is -2.43. The molecule has 8 nitrogen and oxygen atoms in total. The van der Waals surface area contributed by atoms with Gasteiger partial charge in [-0.1, -0.05) is 30.3 Å². The number of halogens is 1. The van der Waals surface area contributed by atoms with E-state index in [1.807, 2.05) is 22.8 Å². The van der Waals surface area contributed by atoms with Crippen LogP contribution in [-0.2, 0) is 9.59 Å². The Morgan fingerprint density at radius 1 is 1.09 bits per heavy atom. The van der Waals surface area contributed by atoms with Crippen molar-refractivity contribution in [1.29, 1.82) is 0 Å². The van der Waals surface area contributed by atoms with Gasteiger partial charge < -0.3 is 10.2 Å². The summed E-state index contributed by atoms with van der Waals surface area (Å²) in [6.45, 7) is 4.07. The van der Waals surface area contributed by atoms with E-state index in [0.29, 0.717) is 16.5 Å². The van der Waals surface area contributed by atoms with Gasteiger partial charge in [0.2, 0.25) is 11.8 Å². The normalized spacial score (nSPS) is 17.1. The van der Waals surface area contributed by atoms with Crippen molar-refractivity contribution in [2.45, 2.75) is 37.4 Å². The number of rotatable bonds is 6. The van der Waals surface area contributed by atoms with Crippen LogP contribution in [0, 0.1) is 5.82 Å². The lowest BCUT2D eigenvalue weighted by Gasteiger charge is -2.32. The molecule has 1 unspecified atom stereocenters. The van der Waals surface area contributed by atoms with Crippen LogP contribution in [0.15, 0.2) is 53.7 Å². The van der Waals surface area contributed by atoms with Crippen molar-refractivity contribution in [1.82, 2.24) is 19.7 Å². The second kappa shape index (κ2) is 10.2. The van der Waals surface area contributed by atoms with Gasteiger partial charge in [0.25, 0.3) is 0 Å². The van der Waals surface area contributed by atoms with Crippen LogP contribution in [-0.4, -0.2) is 56.9 Å². The summed E-state index contributed by atoms with van der Waals surface area (Å²) in [6.07, 6.45) is 3.53. The summed E-state index contributed by atoms with van der Waals surface area (Å²) in [7, 11) is 0. The van der Waals surface area contributed by atoms with Crippen LogP contribution in [0.2, 0.25) is 0 Å². The van der Waals surface area contributed by atoms with Gasteiger partial charge in [-0.25, -0.2) is 4.39 Å². The molecule has 0 saturated carbocycles. The van der Waals surface area contributed by atoms with Crippen molar-refractivity contribution in [2.24, 2.45) is 0 Å². The fraction of sp³-hybridized carbons (Fsp3) is 0.360. The molecule has 35 heavy (non-hydrogen) atoms. The third-order valence-electron chi connectivity index (χ3n) is 6.45. The zero-order valence-corrected chi connectivity index (χ0v) is 20.3. The van der Waals surface area contributed by atoms with Crippen molar-refractivity contribution >= 4 is 35.0 Å². The van der Waals surface area contributed by atoms with E-state index in [1.54, 1.807) is 18.2 Å². The number of carbonyl (C=O) groups is 2. The first-order chi connectivity index (χ1) is 17.0. The van der Waals surface area contributed by atoms with Gasteiger partial charge in [0.05, 0.1) is 23.2 Å². The molecule has 0 bridgehead atoms. The Labute approximate surface area is 207 Å². The Morgan fingerprint density at radius 3 is 2.60 bits per heavy atom. The molecule has 2 amide bonds. The molecule has 1 atom stereocenters. The predicted octanol–water partition coefficient (Wildman–Crippen LogP) is 4.03. The largest absolute Gasteiger partial charge is 0.323 e. The van der Waals surface area contributed by atoms with Crippen LogP contribution in [0.4, 0.5) is 15.8 Å². The Balaban J connectivity index is 1.41. The molecule has 1 fully saturated rings. The number of amides is 2. The quantitative estimate of drug-likeness (QED) is 0.521. The molecule has 0 aliphatic carbocycles. The number of thioether (sulfide) groups is 1. The summed E-state index contributed by atoms with van der Waals surface area (Å²) in [5, 5.41) is 12.3. The van der Waals surface area contributed by atoms with Crippen LogP contribution in [0.5, 0.6) is 0 Å². The van der Waals surface area contributed by atoms with E-state index in [4.69, 9.17) is 0 Å². The molecule has 10 heteroatoms. The molecule has 5 rings (SSSR count). The maximum Gasteiger partial charge on any atom is 0.244 e. The molecular formula is C25H27FN6O2S. The first-order valence-corrected chi connectivity index (χ1v) is 12.8. The topological polar surface area (TPSA) is 83.4 Å². The number of aromatic nitrogens is 3. The monoisotopic (exact) mass is 494 g/mol. The number of anilines is 2. The molecule has 2 aromatic carbocycles. The molecule has 2 aliphatic heterocycles. The summed E-state index contributed by atoms with van der Waals surface area (Å²) in [5.74, 6) is 0.0970. The van der Waals surface area contributed by atoms with E-state index >= 15 is 0 Å². The molecule has 3 heterocycles. The van der Waals surface area contributed by atoms with Crippen LogP contribution < -0.4 is 10.2 Å². The fourth-order valence-corrected chi connectivity index (χ4v) is 5.44. The number of benzene rings is 2. The van der Waals surface area contributed by atoms with Gasteiger partial charge in [-0.2, -0.15) is 0 Å². The number of hydrogen-bond acceptors (Lipinski definition) is 6. The second-order valence-corrected chi connectivity index (χ2v) is 9.70. The van der Waals surface area contributed by atoms with E-state index in [-0.39, 0.29) is 36.0 Å². The highest BCUT2D eigenvalue weighted by molar-refractivity contribution is 7.99. The molecule has 0 radical (unpaired) electrons. The average molecular weight is 495 g/mol. The number of nitrogens with one attached hydrogen (secondary N) is 1. The number of carbonyl (C=O) groups excluding carboxylic acids is 2. The third-order valence-corrected chi connectivity index (χ3v) is 7.37. The zero-order chi connectivity index (χ0) is 24.4. The summed E-state index contributed by atoms with van der Waals surface area (Å²) in [4.78, 5) is 29.2. The number of hydrogen-bond donors (Lipinski definition) is 1.